The molecule has 5 heteroatoms. The van der Waals surface area contributed by atoms with Crippen LogP contribution < -0.4 is 5.73 Å². The third-order valence-electron chi connectivity index (χ3n) is 3.14. The summed E-state index contributed by atoms with van der Waals surface area (Å²) in [5, 5.41) is 19.3. The highest BCUT2D eigenvalue weighted by atomic mass is 16.3. The Bertz CT molecular complexity index is 414. The first-order chi connectivity index (χ1) is 8.15. The molecule has 1 unspecified atom stereocenters. The van der Waals surface area contributed by atoms with Gasteiger partial charge in [0.15, 0.2) is 0 Å². The molecule has 0 aliphatic carbocycles. The molecule has 0 saturated carbocycles. The van der Waals surface area contributed by atoms with Gasteiger partial charge in [0, 0.05) is 19.1 Å². The van der Waals surface area contributed by atoms with Crippen molar-refractivity contribution in [2.24, 2.45) is 5.73 Å². The van der Waals surface area contributed by atoms with E-state index in [2.05, 4.69) is 0 Å². The van der Waals surface area contributed by atoms with Crippen molar-refractivity contribution in [3.8, 4) is 11.5 Å². The summed E-state index contributed by atoms with van der Waals surface area (Å²) in [5.74, 6) is -0.746. The zero-order valence-electron chi connectivity index (χ0n) is 9.47. The lowest BCUT2D eigenvalue weighted by atomic mass is 10.1. The molecule has 0 radical (unpaired) electrons. The highest BCUT2D eigenvalue weighted by Crippen LogP contribution is 2.30. The minimum atomic E-state index is -0.353. The van der Waals surface area contributed by atoms with Gasteiger partial charge in [0.25, 0.3) is 5.91 Å². The number of benzene rings is 1. The van der Waals surface area contributed by atoms with Crippen molar-refractivity contribution in [3.63, 3.8) is 0 Å². The first-order valence-electron chi connectivity index (χ1n) is 5.67. The number of rotatable bonds is 2. The second-order valence-corrected chi connectivity index (χ2v) is 4.20. The van der Waals surface area contributed by atoms with Crippen LogP contribution in [0.3, 0.4) is 0 Å². The monoisotopic (exact) mass is 236 g/mol. The fourth-order valence-corrected chi connectivity index (χ4v) is 2.24. The summed E-state index contributed by atoms with van der Waals surface area (Å²) in [6.45, 7) is 1.02. The van der Waals surface area contributed by atoms with Crippen molar-refractivity contribution in [1.82, 2.24) is 4.90 Å². The summed E-state index contributed by atoms with van der Waals surface area (Å²) in [6.07, 6.45) is 1.78. The van der Waals surface area contributed by atoms with E-state index in [0.717, 1.165) is 12.8 Å². The number of nitrogens with zero attached hydrogens (tertiary/aromatic N) is 1. The lowest BCUT2D eigenvalue weighted by Gasteiger charge is -2.24. The van der Waals surface area contributed by atoms with E-state index in [9.17, 15) is 15.0 Å². The standard InChI is InChI=1S/C12H16N2O3/c13-7-8-3-2-6-14(8)12(17)11-9(15)4-1-5-10(11)16/h1,4-5,8,15-16H,2-3,6-7,13H2. The molecule has 17 heavy (non-hydrogen) atoms. The van der Waals surface area contributed by atoms with Crippen LogP contribution in [0.2, 0.25) is 0 Å². The molecule has 1 saturated heterocycles. The van der Waals surface area contributed by atoms with Crippen LogP contribution in [-0.4, -0.2) is 40.2 Å². The van der Waals surface area contributed by atoms with E-state index in [1.807, 2.05) is 0 Å². The number of phenols is 2. The fraction of sp³-hybridized carbons (Fsp3) is 0.417. The molecule has 1 aliphatic rings. The lowest BCUT2D eigenvalue weighted by Crippen LogP contribution is -2.39. The Morgan fingerprint density at radius 2 is 2.06 bits per heavy atom. The number of aromatic hydroxyl groups is 2. The second kappa shape index (κ2) is 4.63. The van der Waals surface area contributed by atoms with Crippen LogP contribution in [0, 0.1) is 0 Å². The zero-order valence-corrected chi connectivity index (χ0v) is 9.47. The van der Waals surface area contributed by atoms with Crippen molar-refractivity contribution in [1.29, 1.82) is 0 Å². The molecule has 1 amide bonds. The van der Waals surface area contributed by atoms with E-state index in [1.54, 1.807) is 4.90 Å². The molecule has 1 aromatic rings. The Hall–Kier alpha value is -1.75. The Labute approximate surface area is 99.5 Å². The van der Waals surface area contributed by atoms with Crippen molar-refractivity contribution in [2.75, 3.05) is 13.1 Å². The number of hydrogen-bond acceptors (Lipinski definition) is 4. The number of nitrogens with two attached hydrogens (primary N) is 1. The van der Waals surface area contributed by atoms with E-state index >= 15 is 0 Å². The molecule has 1 fully saturated rings. The zero-order chi connectivity index (χ0) is 12.4. The van der Waals surface area contributed by atoms with Gasteiger partial charge in [-0.15, -0.1) is 0 Å². The number of carbonyl (C=O) groups is 1. The third kappa shape index (κ3) is 2.06. The van der Waals surface area contributed by atoms with Gasteiger partial charge in [-0.3, -0.25) is 4.79 Å². The lowest BCUT2D eigenvalue weighted by molar-refractivity contribution is 0.0735. The van der Waals surface area contributed by atoms with E-state index in [-0.39, 0.29) is 29.0 Å². The van der Waals surface area contributed by atoms with Crippen LogP contribution in [0.1, 0.15) is 23.2 Å². The third-order valence-corrected chi connectivity index (χ3v) is 3.14. The van der Waals surface area contributed by atoms with Crippen LogP contribution in [0.15, 0.2) is 18.2 Å². The predicted octanol–water partition coefficient (Wildman–Crippen LogP) is 0.661. The summed E-state index contributed by atoms with van der Waals surface area (Å²) in [4.78, 5) is 13.8. The molecule has 1 heterocycles. The van der Waals surface area contributed by atoms with Crippen LogP contribution in [0.4, 0.5) is 0 Å². The molecule has 1 atom stereocenters. The predicted molar refractivity (Wildman–Crippen MR) is 62.9 cm³/mol. The normalized spacial score (nSPS) is 19.6. The largest absolute Gasteiger partial charge is 0.507 e. The quantitative estimate of drug-likeness (QED) is 0.704. The molecule has 0 bridgehead atoms. The molecule has 5 nitrogen and oxygen atoms in total. The number of hydrogen-bond donors (Lipinski definition) is 3. The van der Waals surface area contributed by atoms with Gasteiger partial charge >= 0.3 is 0 Å². The average Bonchev–Trinajstić information content (AvgIpc) is 2.76. The molecule has 92 valence electrons. The first-order valence-corrected chi connectivity index (χ1v) is 5.67. The molecule has 1 aromatic carbocycles. The van der Waals surface area contributed by atoms with E-state index in [0.29, 0.717) is 13.1 Å². The molecule has 1 aliphatic heterocycles. The number of carbonyl (C=O) groups excluding carboxylic acids is 1. The highest BCUT2D eigenvalue weighted by Gasteiger charge is 2.31. The first kappa shape index (κ1) is 11.7. The van der Waals surface area contributed by atoms with Crippen molar-refractivity contribution in [2.45, 2.75) is 18.9 Å². The molecule has 2 rings (SSSR count). The fourth-order valence-electron chi connectivity index (χ4n) is 2.24. The van der Waals surface area contributed by atoms with Crippen LogP contribution >= 0.6 is 0 Å². The summed E-state index contributed by atoms with van der Waals surface area (Å²) in [7, 11) is 0. The van der Waals surface area contributed by atoms with Gasteiger partial charge in [0.05, 0.1) is 0 Å². The second-order valence-electron chi connectivity index (χ2n) is 4.20. The Morgan fingerprint density at radius 1 is 1.41 bits per heavy atom. The number of phenolic OH excluding ortho intramolecular Hbond substituents is 2. The van der Waals surface area contributed by atoms with Gasteiger partial charge in [-0.25, -0.2) is 0 Å². The maximum absolute atomic E-state index is 12.2. The molecule has 4 N–H and O–H groups in total. The summed E-state index contributed by atoms with van der Waals surface area (Å²) in [6, 6.07) is 4.27. The van der Waals surface area contributed by atoms with Gasteiger partial charge in [0.2, 0.25) is 0 Å². The van der Waals surface area contributed by atoms with Crippen LogP contribution in [-0.2, 0) is 0 Å². The Kier molecular flexibility index (Phi) is 3.19. The average molecular weight is 236 g/mol. The Morgan fingerprint density at radius 3 is 2.65 bits per heavy atom. The van der Waals surface area contributed by atoms with Gasteiger partial charge in [-0.05, 0) is 25.0 Å². The van der Waals surface area contributed by atoms with Gasteiger partial charge in [-0.2, -0.15) is 0 Å². The van der Waals surface area contributed by atoms with Crippen molar-refractivity contribution < 1.29 is 15.0 Å². The van der Waals surface area contributed by atoms with Crippen molar-refractivity contribution in [3.05, 3.63) is 23.8 Å². The highest BCUT2D eigenvalue weighted by molar-refractivity contribution is 5.99. The molecular formula is C12H16N2O3. The van der Waals surface area contributed by atoms with E-state index in [1.165, 1.54) is 18.2 Å². The molecule has 0 aromatic heterocycles. The summed E-state index contributed by atoms with van der Waals surface area (Å²) < 4.78 is 0. The summed E-state index contributed by atoms with van der Waals surface area (Å²) >= 11 is 0. The summed E-state index contributed by atoms with van der Waals surface area (Å²) in [5.41, 5.74) is 5.56. The minimum absolute atomic E-state index is 0.00139. The number of likely N-dealkylation sites (tertiary alicyclic amines) is 1. The minimum Gasteiger partial charge on any atom is -0.507 e. The maximum atomic E-state index is 12.2. The Balaban J connectivity index is 2.31. The maximum Gasteiger partial charge on any atom is 0.261 e. The molecular weight excluding hydrogens is 220 g/mol. The van der Waals surface area contributed by atoms with Gasteiger partial charge < -0.3 is 20.8 Å². The van der Waals surface area contributed by atoms with Crippen molar-refractivity contribution >= 4 is 5.91 Å². The van der Waals surface area contributed by atoms with E-state index in [4.69, 9.17) is 5.73 Å². The molecule has 0 spiro atoms. The SMILES string of the molecule is NCC1CCCN1C(=O)c1c(O)cccc1O. The smallest absolute Gasteiger partial charge is 0.261 e. The van der Waals surface area contributed by atoms with Crippen LogP contribution in [0.25, 0.3) is 0 Å². The van der Waals surface area contributed by atoms with Gasteiger partial charge in [-0.1, -0.05) is 6.07 Å². The number of amides is 1. The van der Waals surface area contributed by atoms with Crippen LogP contribution in [0.5, 0.6) is 11.5 Å². The van der Waals surface area contributed by atoms with E-state index < -0.39 is 0 Å². The van der Waals surface area contributed by atoms with Gasteiger partial charge in [0.1, 0.15) is 17.1 Å². The topological polar surface area (TPSA) is 86.8 Å².